The molecule has 0 saturated heterocycles. The molecule has 2 aromatic heterocycles. The summed E-state index contributed by atoms with van der Waals surface area (Å²) in [4.78, 5) is 14.5. The number of nitrogens with one attached hydrogen (secondary N) is 1. The quantitative estimate of drug-likeness (QED) is 0.765. The standard InChI is InChI=1S/C17H16ClN3OS/c1-21-11-12(10-20-21)16-7-6-13(23-16)8-9-19-17(22)14-4-2-3-5-15(14)18/h2-7,10-11H,8-9H2,1H3,(H,19,22). The Hall–Kier alpha value is -2.11. The average Bonchev–Trinajstić information content (AvgIpc) is 3.16. The van der Waals surface area contributed by atoms with E-state index in [-0.39, 0.29) is 5.91 Å². The molecule has 3 rings (SSSR count). The van der Waals surface area contributed by atoms with E-state index < -0.39 is 0 Å². The maximum Gasteiger partial charge on any atom is 0.252 e. The van der Waals surface area contributed by atoms with Gasteiger partial charge in [0.15, 0.2) is 0 Å². The van der Waals surface area contributed by atoms with Gasteiger partial charge in [0.05, 0.1) is 16.8 Å². The SMILES string of the molecule is Cn1cc(-c2ccc(CCNC(=O)c3ccccc3Cl)s2)cn1. The Kier molecular flexibility index (Phi) is 4.79. The molecule has 0 aliphatic heterocycles. The molecule has 23 heavy (non-hydrogen) atoms. The van der Waals surface area contributed by atoms with Gasteiger partial charge in [-0.3, -0.25) is 9.48 Å². The molecule has 1 aromatic carbocycles. The Morgan fingerprint density at radius 3 is 2.87 bits per heavy atom. The van der Waals surface area contributed by atoms with E-state index in [0.717, 1.165) is 12.0 Å². The van der Waals surface area contributed by atoms with Gasteiger partial charge in [-0.25, -0.2) is 0 Å². The summed E-state index contributed by atoms with van der Waals surface area (Å²) in [6.45, 7) is 0.580. The number of aryl methyl sites for hydroxylation is 1. The third-order valence-corrected chi connectivity index (χ3v) is 4.95. The van der Waals surface area contributed by atoms with Crippen LogP contribution in [0.5, 0.6) is 0 Å². The average molecular weight is 346 g/mol. The van der Waals surface area contributed by atoms with Gasteiger partial charge in [0.2, 0.25) is 0 Å². The smallest absolute Gasteiger partial charge is 0.252 e. The van der Waals surface area contributed by atoms with Crippen LogP contribution in [-0.2, 0) is 13.5 Å². The molecule has 0 fully saturated rings. The number of nitrogens with zero attached hydrogens (tertiary/aromatic N) is 2. The van der Waals surface area contributed by atoms with Gasteiger partial charge in [-0.05, 0) is 30.7 Å². The fraction of sp³-hybridized carbons (Fsp3) is 0.176. The van der Waals surface area contributed by atoms with Gasteiger partial charge >= 0.3 is 0 Å². The topological polar surface area (TPSA) is 46.9 Å². The van der Waals surface area contributed by atoms with E-state index in [1.165, 1.54) is 9.75 Å². The van der Waals surface area contributed by atoms with Crippen LogP contribution in [0.4, 0.5) is 0 Å². The second-order valence-electron chi connectivity index (χ2n) is 5.15. The number of aromatic nitrogens is 2. The van der Waals surface area contributed by atoms with Gasteiger partial charge in [-0.2, -0.15) is 5.10 Å². The van der Waals surface area contributed by atoms with Crippen molar-refractivity contribution in [1.82, 2.24) is 15.1 Å². The number of rotatable bonds is 5. The second kappa shape index (κ2) is 6.98. The molecule has 0 spiro atoms. The van der Waals surface area contributed by atoms with E-state index in [1.54, 1.807) is 34.2 Å². The Morgan fingerprint density at radius 1 is 1.30 bits per heavy atom. The van der Waals surface area contributed by atoms with Crippen molar-refractivity contribution in [3.8, 4) is 10.4 Å². The van der Waals surface area contributed by atoms with Gasteiger partial charge in [0.25, 0.3) is 5.91 Å². The zero-order valence-electron chi connectivity index (χ0n) is 12.6. The Bertz CT molecular complexity index is 825. The van der Waals surface area contributed by atoms with Crippen LogP contribution in [0, 0.1) is 0 Å². The first-order chi connectivity index (χ1) is 11.1. The Morgan fingerprint density at radius 2 is 2.13 bits per heavy atom. The van der Waals surface area contributed by atoms with E-state index >= 15 is 0 Å². The van der Waals surface area contributed by atoms with Crippen molar-refractivity contribution in [2.75, 3.05) is 6.54 Å². The lowest BCUT2D eigenvalue weighted by Gasteiger charge is -2.05. The summed E-state index contributed by atoms with van der Waals surface area (Å²) in [5.41, 5.74) is 1.63. The Labute approximate surface area is 143 Å². The summed E-state index contributed by atoms with van der Waals surface area (Å²) < 4.78 is 1.79. The minimum Gasteiger partial charge on any atom is -0.352 e. The normalized spacial score (nSPS) is 10.7. The van der Waals surface area contributed by atoms with Crippen molar-refractivity contribution >= 4 is 28.8 Å². The predicted octanol–water partition coefficient (Wildman–Crippen LogP) is 3.77. The second-order valence-corrected chi connectivity index (χ2v) is 6.73. The summed E-state index contributed by atoms with van der Waals surface area (Å²) in [5.74, 6) is -0.139. The van der Waals surface area contributed by atoms with E-state index in [4.69, 9.17) is 11.6 Å². The summed E-state index contributed by atoms with van der Waals surface area (Å²) in [7, 11) is 1.91. The van der Waals surface area contributed by atoms with Crippen molar-refractivity contribution in [2.24, 2.45) is 7.05 Å². The number of benzene rings is 1. The summed E-state index contributed by atoms with van der Waals surface area (Å²) in [5, 5.41) is 7.56. The molecule has 2 heterocycles. The molecule has 0 radical (unpaired) electrons. The molecule has 1 N–H and O–H groups in total. The molecule has 1 amide bonds. The van der Waals surface area contributed by atoms with Crippen LogP contribution in [0.3, 0.4) is 0 Å². The van der Waals surface area contributed by atoms with Crippen molar-refractivity contribution in [2.45, 2.75) is 6.42 Å². The number of halogens is 1. The lowest BCUT2D eigenvalue weighted by molar-refractivity contribution is 0.0954. The lowest BCUT2D eigenvalue weighted by Crippen LogP contribution is -2.25. The molecule has 4 nitrogen and oxygen atoms in total. The molecule has 0 atom stereocenters. The summed E-state index contributed by atoms with van der Waals surface area (Å²) in [6, 6.07) is 11.2. The first-order valence-electron chi connectivity index (χ1n) is 7.24. The molecule has 0 saturated carbocycles. The Balaban J connectivity index is 1.56. The van der Waals surface area contributed by atoms with Crippen LogP contribution in [-0.4, -0.2) is 22.2 Å². The number of hydrogen-bond donors (Lipinski definition) is 1. The zero-order chi connectivity index (χ0) is 16.2. The van der Waals surface area contributed by atoms with E-state index in [1.807, 2.05) is 25.5 Å². The third-order valence-electron chi connectivity index (χ3n) is 3.43. The number of carbonyl (C=O) groups excluding carboxylic acids is 1. The molecule has 0 unspecified atom stereocenters. The van der Waals surface area contributed by atoms with Crippen molar-refractivity contribution in [1.29, 1.82) is 0 Å². The maximum absolute atomic E-state index is 12.1. The van der Waals surface area contributed by atoms with Gasteiger partial charge in [0, 0.05) is 35.1 Å². The summed E-state index contributed by atoms with van der Waals surface area (Å²) in [6.07, 6.45) is 4.64. The van der Waals surface area contributed by atoms with Crippen LogP contribution >= 0.6 is 22.9 Å². The molecule has 3 aromatic rings. The highest BCUT2D eigenvalue weighted by atomic mass is 35.5. The molecule has 0 aliphatic carbocycles. The summed E-state index contributed by atoms with van der Waals surface area (Å²) >= 11 is 7.74. The molecular formula is C17H16ClN3OS. The first kappa shape index (κ1) is 15.8. The van der Waals surface area contributed by atoms with Crippen LogP contribution in [0.1, 0.15) is 15.2 Å². The molecular weight excluding hydrogens is 330 g/mol. The predicted molar refractivity (Wildman–Crippen MR) is 94.0 cm³/mol. The number of carbonyl (C=O) groups is 1. The highest BCUT2D eigenvalue weighted by Crippen LogP contribution is 2.27. The molecule has 6 heteroatoms. The van der Waals surface area contributed by atoms with Gasteiger partial charge in [-0.15, -0.1) is 11.3 Å². The highest BCUT2D eigenvalue weighted by Gasteiger charge is 2.09. The lowest BCUT2D eigenvalue weighted by atomic mass is 10.2. The van der Waals surface area contributed by atoms with Crippen LogP contribution in [0.15, 0.2) is 48.8 Å². The van der Waals surface area contributed by atoms with Crippen LogP contribution in [0.2, 0.25) is 5.02 Å². The number of amides is 1. The van der Waals surface area contributed by atoms with Gasteiger partial charge in [-0.1, -0.05) is 23.7 Å². The maximum atomic E-state index is 12.1. The van der Waals surface area contributed by atoms with E-state index in [9.17, 15) is 4.79 Å². The highest BCUT2D eigenvalue weighted by molar-refractivity contribution is 7.15. The van der Waals surface area contributed by atoms with Crippen molar-refractivity contribution < 1.29 is 4.79 Å². The van der Waals surface area contributed by atoms with Crippen molar-refractivity contribution in [3.63, 3.8) is 0 Å². The largest absolute Gasteiger partial charge is 0.352 e. The molecule has 118 valence electrons. The zero-order valence-corrected chi connectivity index (χ0v) is 14.2. The molecule has 0 bridgehead atoms. The number of thiophene rings is 1. The monoisotopic (exact) mass is 345 g/mol. The number of hydrogen-bond acceptors (Lipinski definition) is 3. The fourth-order valence-corrected chi connectivity index (χ4v) is 3.46. The van der Waals surface area contributed by atoms with Crippen LogP contribution in [0.25, 0.3) is 10.4 Å². The van der Waals surface area contributed by atoms with E-state index in [0.29, 0.717) is 17.1 Å². The van der Waals surface area contributed by atoms with Gasteiger partial charge < -0.3 is 5.32 Å². The van der Waals surface area contributed by atoms with Crippen molar-refractivity contribution in [3.05, 3.63) is 64.3 Å². The first-order valence-corrected chi connectivity index (χ1v) is 8.43. The van der Waals surface area contributed by atoms with Gasteiger partial charge in [0.1, 0.15) is 0 Å². The van der Waals surface area contributed by atoms with E-state index in [2.05, 4.69) is 22.5 Å². The minimum absolute atomic E-state index is 0.139. The third kappa shape index (κ3) is 3.81. The van der Waals surface area contributed by atoms with Crippen LogP contribution < -0.4 is 5.32 Å². The minimum atomic E-state index is -0.139. The fourth-order valence-electron chi connectivity index (χ4n) is 2.26. The molecule has 0 aliphatic rings.